The molecule has 2 heterocycles. The van der Waals surface area contributed by atoms with Crippen LogP contribution in [-0.4, -0.2) is 34.0 Å². The first-order valence-corrected chi connectivity index (χ1v) is 9.39. The van der Waals surface area contributed by atoms with Crippen molar-refractivity contribution < 1.29 is 4.79 Å². The van der Waals surface area contributed by atoms with E-state index in [9.17, 15) is 4.79 Å². The molecular weight excluding hydrogens is 300 g/mol. The van der Waals surface area contributed by atoms with Crippen LogP contribution >= 0.6 is 23.5 Å². The van der Waals surface area contributed by atoms with E-state index in [4.69, 9.17) is 0 Å². The topological polar surface area (TPSA) is 32.7 Å². The second kappa shape index (κ2) is 6.88. The maximum Gasteiger partial charge on any atom is 0.233 e. The SMILES string of the molecule is CC1CCCN(C(=O)CSC2=Nc3ccccc3CS2)C1. The van der Waals surface area contributed by atoms with Gasteiger partial charge in [-0.05, 0) is 30.4 Å². The summed E-state index contributed by atoms with van der Waals surface area (Å²) >= 11 is 3.32. The van der Waals surface area contributed by atoms with Crippen LogP contribution in [0.3, 0.4) is 0 Å². The minimum absolute atomic E-state index is 0.258. The fraction of sp³-hybridized carbons (Fsp3) is 0.500. The van der Waals surface area contributed by atoms with E-state index in [-0.39, 0.29) is 5.91 Å². The molecule has 0 radical (unpaired) electrons. The number of carbonyl (C=O) groups is 1. The third-order valence-corrected chi connectivity index (χ3v) is 6.11. The number of amides is 1. The summed E-state index contributed by atoms with van der Waals surface area (Å²) in [4.78, 5) is 18.9. The molecule has 3 rings (SSSR count). The molecule has 0 aromatic heterocycles. The fourth-order valence-electron chi connectivity index (χ4n) is 2.72. The van der Waals surface area contributed by atoms with Gasteiger partial charge >= 0.3 is 0 Å². The summed E-state index contributed by atoms with van der Waals surface area (Å²) in [7, 11) is 0. The van der Waals surface area contributed by atoms with Crippen LogP contribution in [0.1, 0.15) is 25.3 Å². The molecular formula is C16H20N2OS2. The van der Waals surface area contributed by atoms with Crippen molar-refractivity contribution in [2.24, 2.45) is 10.9 Å². The summed E-state index contributed by atoms with van der Waals surface area (Å²) in [5.74, 6) is 2.37. The number of hydrogen-bond acceptors (Lipinski definition) is 4. The molecule has 1 unspecified atom stereocenters. The largest absolute Gasteiger partial charge is 0.342 e. The molecule has 0 N–H and O–H groups in total. The van der Waals surface area contributed by atoms with Crippen LogP contribution in [-0.2, 0) is 10.5 Å². The summed E-state index contributed by atoms with van der Waals surface area (Å²) in [6.45, 7) is 4.07. The summed E-state index contributed by atoms with van der Waals surface area (Å²) in [6.07, 6.45) is 2.39. The van der Waals surface area contributed by atoms with Crippen molar-refractivity contribution in [1.29, 1.82) is 0 Å². The quantitative estimate of drug-likeness (QED) is 0.828. The van der Waals surface area contributed by atoms with Crippen molar-refractivity contribution in [3.05, 3.63) is 29.8 Å². The van der Waals surface area contributed by atoms with Gasteiger partial charge in [-0.25, -0.2) is 4.99 Å². The molecule has 2 aliphatic heterocycles. The monoisotopic (exact) mass is 320 g/mol. The van der Waals surface area contributed by atoms with E-state index in [0.29, 0.717) is 11.7 Å². The minimum atomic E-state index is 0.258. The Bertz CT molecular complexity index is 559. The third-order valence-electron chi connectivity index (χ3n) is 3.88. The maximum absolute atomic E-state index is 12.3. The molecule has 0 bridgehead atoms. The lowest BCUT2D eigenvalue weighted by atomic mass is 10.0. The summed E-state index contributed by atoms with van der Waals surface area (Å²) in [5, 5.41) is 0. The lowest BCUT2D eigenvalue weighted by molar-refractivity contribution is -0.129. The van der Waals surface area contributed by atoms with E-state index >= 15 is 0 Å². The minimum Gasteiger partial charge on any atom is -0.342 e. The molecule has 21 heavy (non-hydrogen) atoms. The number of benzene rings is 1. The highest BCUT2D eigenvalue weighted by atomic mass is 32.2. The Kier molecular flexibility index (Phi) is 4.91. The smallest absolute Gasteiger partial charge is 0.233 e. The highest BCUT2D eigenvalue weighted by molar-refractivity contribution is 8.38. The lowest BCUT2D eigenvalue weighted by Gasteiger charge is -2.31. The number of likely N-dealkylation sites (tertiary alicyclic amines) is 1. The Morgan fingerprint density at radius 1 is 1.48 bits per heavy atom. The van der Waals surface area contributed by atoms with Gasteiger partial charge in [0.25, 0.3) is 0 Å². The average molecular weight is 320 g/mol. The van der Waals surface area contributed by atoms with E-state index in [0.717, 1.165) is 35.3 Å². The van der Waals surface area contributed by atoms with Crippen LogP contribution in [0.25, 0.3) is 0 Å². The first kappa shape index (κ1) is 15.0. The molecule has 2 aliphatic rings. The molecule has 1 fully saturated rings. The molecule has 1 aromatic carbocycles. The highest BCUT2D eigenvalue weighted by Gasteiger charge is 2.22. The zero-order valence-electron chi connectivity index (χ0n) is 12.2. The molecule has 1 saturated heterocycles. The van der Waals surface area contributed by atoms with Crippen LogP contribution < -0.4 is 0 Å². The summed E-state index contributed by atoms with van der Waals surface area (Å²) in [5.41, 5.74) is 2.33. The zero-order chi connectivity index (χ0) is 14.7. The van der Waals surface area contributed by atoms with Gasteiger partial charge in [0.1, 0.15) is 4.38 Å². The number of aliphatic imine (C=N–C) groups is 1. The van der Waals surface area contributed by atoms with Gasteiger partial charge in [0.2, 0.25) is 5.91 Å². The van der Waals surface area contributed by atoms with Crippen molar-refractivity contribution in [1.82, 2.24) is 4.90 Å². The second-order valence-electron chi connectivity index (χ2n) is 5.67. The van der Waals surface area contributed by atoms with Crippen LogP contribution in [0.5, 0.6) is 0 Å². The molecule has 0 aliphatic carbocycles. The van der Waals surface area contributed by atoms with Crippen LogP contribution in [0, 0.1) is 5.92 Å². The summed E-state index contributed by atoms with van der Waals surface area (Å²) < 4.78 is 1.02. The van der Waals surface area contributed by atoms with Crippen molar-refractivity contribution in [2.75, 3.05) is 18.8 Å². The Morgan fingerprint density at radius 2 is 2.33 bits per heavy atom. The van der Waals surface area contributed by atoms with Gasteiger partial charge in [-0.2, -0.15) is 0 Å². The Hall–Kier alpha value is -0.940. The first-order valence-electron chi connectivity index (χ1n) is 7.42. The van der Waals surface area contributed by atoms with Gasteiger partial charge in [0.05, 0.1) is 11.4 Å². The number of para-hydroxylation sites is 1. The number of fused-ring (bicyclic) bond motifs is 1. The molecule has 112 valence electrons. The molecule has 0 spiro atoms. The predicted molar refractivity (Wildman–Crippen MR) is 92.3 cm³/mol. The maximum atomic E-state index is 12.3. The van der Waals surface area contributed by atoms with Crippen molar-refractivity contribution in [3.8, 4) is 0 Å². The highest BCUT2D eigenvalue weighted by Crippen LogP contribution is 2.34. The molecule has 3 nitrogen and oxygen atoms in total. The van der Waals surface area contributed by atoms with Crippen LogP contribution in [0.15, 0.2) is 29.3 Å². The van der Waals surface area contributed by atoms with E-state index < -0.39 is 0 Å². The molecule has 1 aromatic rings. The van der Waals surface area contributed by atoms with Gasteiger partial charge in [0, 0.05) is 18.8 Å². The van der Waals surface area contributed by atoms with Gasteiger partial charge < -0.3 is 4.90 Å². The van der Waals surface area contributed by atoms with Gasteiger partial charge in [-0.3, -0.25) is 4.79 Å². The van der Waals surface area contributed by atoms with Crippen molar-refractivity contribution in [3.63, 3.8) is 0 Å². The second-order valence-corrected chi connectivity index (χ2v) is 7.86. The Labute approximate surface area is 134 Å². The molecule has 1 atom stereocenters. The molecule has 5 heteroatoms. The van der Waals surface area contributed by atoms with Gasteiger partial charge in [-0.15, -0.1) is 0 Å². The summed E-state index contributed by atoms with van der Waals surface area (Å²) in [6, 6.07) is 8.23. The van der Waals surface area contributed by atoms with E-state index in [2.05, 4.69) is 18.0 Å². The van der Waals surface area contributed by atoms with Gasteiger partial charge in [-0.1, -0.05) is 48.6 Å². The zero-order valence-corrected chi connectivity index (χ0v) is 13.9. The fourth-order valence-corrected chi connectivity index (χ4v) is 4.68. The van der Waals surface area contributed by atoms with E-state index in [1.165, 1.54) is 12.0 Å². The van der Waals surface area contributed by atoms with E-state index in [1.807, 2.05) is 23.1 Å². The van der Waals surface area contributed by atoms with Crippen LogP contribution in [0.2, 0.25) is 0 Å². The lowest BCUT2D eigenvalue weighted by Crippen LogP contribution is -2.40. The Balaban J connectivity index is 1.56. The Morgan fingerprint density at radius 3 is 3.19 bits per heavy atom. The number of nitrogens with zero attached hydrogens (tertiary/aromatic N) is 2. The van der Waals surface area contributed by atoms with Crippen molar-refractivity contribution >= 4 is 39.5 Å². The van der Waals surface area contributed by atoms with Crippen LogP contribution in [0.4, 0.5) is 5.69 Å². The van der Waals surface area contributed by atoms with Gasteiger partial charge in [0.15, 0.2) is 0 Å². The standard InChI is InChI=1S/C16H20N2OS2/c1-12-5-4-8-18(9-12)15(19)11-21-16-17-14-7-3-2-6-13(14)10-20-16/h2-3,6-7,12H,4-5,8-11H2,1H3. The van der Waals surface area contributed by atoms with E-state index in [1.54, 1.807) is 23.5 Å². The normalized spacial score (nSPS) is 21.7. The first-order chi connectivity index (χ1) is 10.2. The third kappa shape index (κ3) is 3.83. The number of carbonyl (C=O) groups excluding carboxylic acids is 1. The number of thioether (sulfide) groups is 2. The number of rotatable bonds is 2. The number of piperidine rings is 1. The predicted octanol–water partition coefficient (Wildman–Crippen LogP) is 3.91. The molecule has 1 amide bonds. The average Bonchev–Trinajstić information content (AvgIpc) is 2.52. The van der Waals surface area contributed by atoms with Crippen molar-refractivity contribution in [2.45, 2.75) is 25.5 Å². The number of hydrogen-bond donors (Lipinski definition) is 0. The molecule has 0 saturated carbocycles.